The maximum absolute atomic E-state index is 12.0. The van der Waals surface area contributed by atoms with Gasteiger partial charge in [0.05, 0.1) is 12.2 Å². The van der Waals surface area contributed by atoms with Gasteiger partial charge >= 0.3 is 0 Å². The predicted octanol–water partition coefficient (Wildman–Crippen LogP) is 3.17. The first-order valence-corrected chi connectivity index (χ1v) is 9.91. The molecule has 1 amide bonds. The van der Waals surface area contributed by atoms with E-state index < -0.39 is 0 Å². The largest absolute Gasteiger partial charge is 0.483 e. The molecule has 144 valence electrons. The van der Waals surface area contributed by atoms with Gasteiger partial charge in [0.1, 0.15) is 5.75 Å². The van der Waals surface area contributed by atoms with Gasteiger partial charge in [0.2, 0.25) is 0 Å². The molecule has 1 N–H and O–H groups in total. The van der Waals surface area contributed by atoms with E-state index in [4.69, 9.17) is 4.74 Å². The normalized spacial score (nSPS) is 18.9. The Morgan fingerprint density at radius 3 is 2.89 bits per heavy atom. The fourth-order valence-electron chi connectivity index (χ4n) is 3.77. The molecule has 27 heavy (non-hydrogen) atoms. The molecule has 1 atom stereocenters. The minimum atomic E-state index is -0.0905. The standard InChI is InChI=1S/C21H28N4O2/c1-4-22-20(26)13-27-21-17(15-11-23-25(12-15)16-6-7-16)9-10-19-18(21)8-5-14(2)24(19)3/h9-12,14,16H,4-8,13H2,1-3H3,(H,22,26). The van der Waals surface area contributed by atoms with Crippen LogP contribution in [0.25, 0.3) is 11.1 Å². The second-order valence-electron chi connectivity index (χ2n) is 7.62. The van der Waals surface area contributed by atoms with Crippen LogP contribution in [0.4, 0.5) is 5.69 Å². The van der Waals surface area contributed by atoms with Crippen molar-refractivity contribution in [3.05, 3.63) is 30.1 Å². The summed E-state index contributed by atoms with van der Waals surface area (Å²) < 4.78 is 8.15. The summed E-state index contributed by atoms with van der Waals surface area (Å²) in [6.45, 7) is 4.80. The molecule has 0 bridgehead atoms. The van der Waals surface area contributed by atoms with E-state index >= 15 is 0 Å². The van der Waals surface area contributed by atoms with Crippen LogP contribution in [0.3, 0.4) is 0 Å². The van der Waals surface area contributed by atoms with Crippen LogP contribution in [-0.2, 0) is 11.2 Å². The summed E-state index contributed by atoms with van der Waals surface area (Å²) in [5.74, 6) is 0.736. The molecule has 1 aliphatic carbocycles. The topological polar surface area (TPSA) is 59.4 Å². The molecule has 2 aromatic rings. The number of fused-ring (bicyclic) bond motifs is 1. The van der Waals surface area contributed by atoms with Crippen LogP contribution in [0.1, 0.15) is 44.7 Å². The molecule has 2 heterocycles. The van der Waals surface area contributed by atoms with E-state index in [1.807, 2.05) is 13.1 Å². The highest BCUT2D eigenvalue weighted by Gasteiger charge is 2.28. The van der Waals surface area contributed by atoms with Crippen molar-refractivity contribution in [1.82, 2.24) is 15.1 Å². The molecule has 1 saturated carbocycles. The van der Waals surface area contributed by atoms with E-state index in [-0.39, 0.29) is 12.5 Å². The molecule has 6 nitrogen and oxygen atoms in total. The van der Waals surface area contributed by atoms with Crippen LogP contribution in [0.5, 0.6) is 5.75 Å². The van der Waals surface area contributed by atoms with E-state index in [9.17, 15) is 4.79 Å². The van der Waals surface area contributed by atoms with Gasteiger partial charge in [-0.25, -0.2) is 0 Å². The van der Waals surface area contributed by atoms with Crippen molar-refractivity contribution in [2.45, 2.75) is 51.6 Å². The van der Waals surface area contributed by atoms with E-state index in [1.54, 1.807) is 0 Å². The van der Waals surface area contributed by atoms with Crippen LogP contribution in [0, 0.1) is 0 Å². The molecule has 1 aliphatic heterocycles. The Balaban J connectivity index is 1.71. The highest BCUT2D eigenvalue weighted by atomic mass is 16.5. The number of aromatic nitrogens is 2. The Morgan fingerprint density at radius 1 is 1.33 bits per heavy atom. The molecular weight excluding hydrogens is 340 g/mol. The van der Waals surface area contributed by atoms with Gasteiger partial charge < -0.3 is 15.0 Å². The fourth-order valence-corrected chi connectivity index (χ4v) is 3.77. The van der Waals surface area contributed by atoms with Crippen LogP contribution in [-0.4, -0.2) is 41.9 Å². The number of hydrogen-bond acceptors (Lipinski definition) is 4. The van der Waals surface area contributed by atoms with Crippen LogP contribution < -0.4 is 15.0 Å². The number of hydrogen-bond donors (Lipinski definition) is 1. The Labute approximate surface area is 160 Å². The number of nitrogens with one attached hydrogen (secondary N) is 1. The molecule has 1 aromatic heterocycles. The number of benzene rings is 1. The predicted molar refractivity (Wildman–Crippen MR) is 106 cm³/mol. The van der Waals surface area contributed by atoms with Crippen molar-refractivity contribution in [2.75, 3.05) is 25.1 Å². The summed E-state index contributed by atoms with van der Waals surface area (Å²) >= 11 is 0. The number of carbonyl (C=O) groups is 1. The van der Waals surface area contributed by atoms with Gasteiger partial charge in [-0.05, 0) is 51.7 Å². The summed E-state index contributed by atoms with van der Waals surface area (Å²) in [7, 11) is 2.13. The van der Waals surface area contributed by atoms with Gasteiger partial charge in [-0.1, -0.05) is 0 Å². The lowest BCUT2D eigenvalue weighted by Gasteiger charge is -2.35. The van der Waals surface area contributed by atoms with Crippen molar-refractivity contribution in [2.24, 2.45) is 0 Å². The zero-order chi connectivity index (χ0) is 19.0. The Kier molecular flexibility index (Phi) is 4.81. The summed E-state index contributed by atoms with van der Waals surface area (Å²) in [5, 5.41) is 7.34. The first-order chi connectivity index (χ1) is 13.1. The second kappa shape index (κ2) is 7.25. The Hall–Kier alpha value is -2.50. The summed E-state index contributed by atoms with van der Waals surface area (Å²) in [6.07, 6.45) is 8.45. The van der Waals surface area contributed by atoms with Crippen molar-refractivity contribution < 1.29 is 9.53 Å². The molecule has 0 saturated heterocycles. The van der Waals surface area contributed by atoms with Gasteiger partial charge in [0.15, 0.2) is 6.61 Å². The minimum absolute atomic E-state index is 0.0350. The van der Waals surface area contributed by atoms with Crippen molar-refractivity contribution in [3.8, 4) is 16.9 Å². The zero-order valence-corrected chi connectivity index (χ0v) is 16.4. The lowest BCUT2D eigenvalue weighted by atomic mass is 9.93. The van der Waals surface area contributed by atoms with E-state index in [2.05, 4.69) is 52.3 Å². The van der Waals surface area contributed by atoms with Crippen molar-refractivity contribution in [3.63, 3.8) is 0 Å². The second-order valence-corrected chi connectivity index (χ2v) is 7.62. The van der Waals surface area contributed by atoms with Gasteiger partial charge in [0.25, 0.3) is 5.91 Å². The molecule has 4 rings (SSSR count). The average Bonchev–Trinajstić information content (AvgIpc) is 3.40. The molecule has 2 aliphatic rings. The third-order valence-electron chi connectivity index (χ3n) is 5.64. The summed E-state index contributed by atoms with van der Waals surface area (Å²) in [5.41, 5.74) is 4.46. The maximum Gasteiger partial charge on any atom is 0.257 e. The number of ether oxygens (including phenoxy) is 1. The first-order valence-electron chi connectivity index (χ1n) is 9.91. The van der Waals surface area contributed by atoms with Crippen LogP contribution in [0.15, 0.2) is 24.5 Å². The summed E-state index contributed by atoms with van der Waals surface area (Å²) in [4.78, 5) is 14.3. The maximum atomic E-state index is 12.0. The highest BCUT2D eigenvalue weighted by molar-refractivity contribution is 5.80. The third kappa shape index (κ3) is 3.53. The quantitative estimate of drug-likeness (QED) is 0.851. The minimum Gasteiger partial charge on any atom is -0.483 e. The number of nitrogens with zero attached hydrogens (tertiary/aromatic N) is 3. The lowest BCUT2D eigenvalue weighted by Crippen LogP contribution is -2.34. The smallest absolute Gasteiger partial charge is 0.257 e. The zero-order valence-electron chi connectivity index (χ0n) is 16.4. The number of amides is 1. The Morgan fingerprint density at radius 2 is 2.15 bits per heavy atom. The first kappa shape index (κ1) is 17.9. The van der Waals surface area contributed by atoms with Crippen molar-refractivity contribution >= 4 is 11.6 Å². The van der Waals surface area contributed by atoms with E-state index in [0.29, 0.717) is 18.6 Å². The van der Waals surface area contributed by atoms with E-state index in [0.717, 1.165) is 29.7 Å². The van der Waals surface area contributed by atoms with E-state index in [1.165, 1.54) is 24.1 Å². The fraction of sp³-hybridized carbons (Fsp3) is 0.524. The molecular formula is C21H28N4O2. The Bertz CT molecular complexity index is 841. The number of carbonyl (C=O) groups excluding carboxylic acids is 1. The molecule has 1 unspecified atom stereocenters. The SMILES string of the molecule is CCNC(=O)COc1c(-c2cnn(C3CC3)c2)ccc2c1CCC(C)N2C. The molecule has 0 radical (unpaired) electrons. The third-order valence-corrected chi connectivity index (χ3v) is 5.64. The van der Waals surface area contributed by atoms with Crippen LogP contribution >= 0.6 is 0 Å². The van der Waals surface area contributed by atoms with Gasteiger partial charge in [-0.3, -0.25) is 9.48 Å². The monoisotopic (exact) mass is 368 g/mol. The number of rotatable bonds is 6. The van der Waals surface area contributed by atoms with Gasteiger partial charge in [-0.15, -0.1) is 0 Å². The molecule has 0 spiro atoms. The highest BCUT2D eigenvalue weighted by Crippen LogP contribution is 2.43. The molecule has 1 aromatic carbocycles. The van der Waals surface area contributed by atoms with Gasteiger partial charge in [-0.2, -0.15) is 5.10 Å². The average molecular weight is 368 g/mol. The molecule has 6 heteroatoms. The van der Waals surface area contributed by atoms with Crippen LogP contribution in [0.2, 0.25) is 0 Å². The lowest BCUT2D eigenvalue weighted by molar-refractivity contribution is -0.122. The summed E-state index contributed by atoms with van der Waals surface area (Å²) in [6, 6.07) is 5.32. The number of likely N-dealkylation sites (N-methyl/N-ethyl adjacent to an activating group) is 1. The van der Waals surface area contributed by atoms with Crippen molar-refractivity contribution in [1.29, 1.82) is 0 Å². The van der Waals surface area contributed by atoms with Gasteiger partial charge in [0, 0.05) is 48.2 Å². The number of anilines is 1. The molecule has 1 fully saturated rings.